The number of hydroxylamine groups is 2. The summed E-state index contributed by atoms with van der Waals surface area (Å²) in [4.78, 5) is 0.0883. The van der Waals surface area contributed by atoms with Gasteiger partial charge in [-0.1, -0.05) is 38.8 Å². The van der Waals surface area contributed by atoms with E-state index >= 15 is 0 Å². The fraction of sp³-hybridized carbons (Fsp3) is 0.478. The van der Waals surface area contributed by atoms with E-state index in [2.05, 4.69) is 0 Å². The lowest BCUT2D eigenvalue weighted by Gasteiger charge is -2.42. The zero-order valence-corrected chi connectivity index (χ0v) is 19.2. The Kier molecular flexibility index (Phi) is 6.93. The summed E-state index contributed by atoms with van der Waals surface area (Å²) >= 11 is 0. The predicted octanol–water partition coefficient (Wildman–Crippen LogP) is 4.75. The molecule has 0 fully saturated rings. The average Bonchev–Trinajstić information content (AvgIpc) is 2.83. The third-order valence-electron chi connectivity index (χ3n) is 6.17. The molecule has 31 heavy (non-hydrogen) atoms. The SMILES string of the molecule is CCCC[C@]1(CC)CS(=O)(=O)c2cc(OC)c(OC)cc2[C@@H](c2ccc(F)cc2)N1O. The van der Waals surface area contributed by atoms with Crippen molar-refractivity contribution in [1.29, 1.82) is 0 Å². The van der Waals surface area contributed by atoms with Gasteiger partial charge in [0.2, 0.25) is 0 Å². The molecule has 3 rings (SSSR count). The highest BCUT2D eigenvalue weighted by atomic mass is 32.2. The van der Waals surface area contributed by atoms with Crippen molar-refractivity contribution in [3.63, 3.8) is 0 Å². The van der Waals surface area contributed by atoms with Crippen LogP contribution >= 0.6 is 0 Å². The van der Waals surface area contributed by atoms with Crippen LogP contribution in [0, 0.1) is 5.82 Å². The Hall–Kier alpha value is -2.16. The summed E-state index contributed by atoms with van der Waals surface area (Å²) in [7, 11) is -0.865. The molecule has 2 aromatic rings. The van der Waals surface area contributed by atoms with Crippen LogP contribution in [0.1, 0.15) is 56.7 Å². The smallest absolute Gasteiger partial charge is 0.180 e. The zero-order valence-electron chi connectivity index (χ0n) is 18.4. The van der Waals surface area contributed by atoms with Crippen molar-refractivity contribution in [2.24, 2.45) is 0 Å². The number of hydrogen-bond acceptors (Lipinski definition) is 6. The second kappa shape index (κ2) is 9.14. The molecule has 0 unspecified atom stereocenters. The molecule has 1 heterocycles. The van der Waals surface area contributed by atoms with Crippen LogP contribution in [0.4, 0.5) is 4.39 Å². The van der Waals surface area contributed by atoms with Crippen molar-refractivity contribution in [1.82, 2.24) is 5.06 Å². The molecule has 170 valence electrons. The normalized spacial score (nSPS) is 23.1. The van der Waals surface area contributed by atoms with Crippen LogP contribution in [0.5, 0.6) is 11.5 Å². The second-order valence-electron chi connectivity index (χ2n) is 7.98. The van der Waals surface area contributed by atoms with Crippen LogP contribution in [-0.4, -0.2) is 44.2 Å². The maximum atomic E-state index is 13.6. The molecule has 0 radical (unpaired) electrons. The van der Waals surface area contributed by atoms with Gasteiger partial charge < -0.3 is 14.7 Å². The zero-order chi connectivity index (χ0) is 22.8. The number of halogens is 1. The van der Waals surface area contributed by atoms with Gasteiger partial charge in [-0.05, 0) is 42.2 Å². The van der Waals surface area contributed by atoms with Crippen LogP contribution in [0.3, 0.4) is 0 Å². The molecule has 0 aromatic heterocycles. The standard InChI is InChI=1S/C23H30FNO5S/c1-5-7-12-23(6-2)15-31(27,28)21-14-20(30-4)19(29-3)13-18(21)22(25(23)26)16-8-10-17(24)11-9-16/h8-11,13-14,22,26H,5-7,12,15H2,1-4H3/t22-,23-/m1/s1. The Morgan fingerprint density at radius 1 is 1.13 bits per heavy atom. The summed E-state index contributed by atoms with van der Waals surface area (Å²) in [5.74, 6) is 0.0155. The Morgan fingerprint density at radius 3 is 2.29 bits per heavy atom. The van der Waals surface area contributed by atoms with Gasteiger partial charge in [0.15, 0.2) is 21.3 Å². The third kappa shape index (κ3) is 4.29. The summed E-state index contributed by atoms with van der Waals surface area (Å²) in [6.07, 6.45) is 2.57. The number of nitrogens with zero attached hydrogens (tertiary/aromatic N) is 1. The van der Waals surface area contributed by atoms with E-state index in [9.17, 15) is 18.0 Å². The van der Waals surface area contributed by atoms with Gasteiger partial charge in [0.05, 0.1) is 36.4 Å². The first-order valence-corrected chi connectivity index (χ1v) is 12.1. The summed E-state index contributed by atoms with van der Waals surface area (Å²) in [5, 5.41) is 12.8. The molecular formula is C23H30FNO5S. The van der Waals surface area contributed by atoms with Gasteiger partial charge in [-0.15, -0.1) is 0 Å². The van der Waals surface area contributed by atoms with Gasteiger partial charge in [0, 0.05) is 6.07 Å². The van der Waals surface area contributed by atoms with Crippen molar-refractivity contribution in [3.05, 3.63) is 53.3 Å². The minimum absolute atomic E-state index is 0.0883. The fourth-order valence-electron chi connectivity index (χ4n) is 4.36. The van der Waals surface area contributed by atoms with Gasteiger partial charge in [-0.3, -0.25) is 0 Å². The number of sulfone groups is 1. The lowest BCUT2D eigenvalue weighted by Crippen LogP contribution is -2.51. The minimum atomic E-state index is -3.78. The first-order chi connectivity index (χ1) is 14.7. The number of hydrogen-bond donors (Lipinski definition) is 1. The molecule has 6 nitrogen and oxygen atoms in total. The van der Waals surface area contributed by atoms with Gasteiger partial charge >= 0.3 is 0 Å². The predicted molar refractivity (Wildman–Crippen MR) is 116 cm³/mol. The Labute approximate surface area is 183 Å². The Balaban J connectivity index is 2.34. The number of unbranched alkanes of at least 4 members (excludes halogenated alkanes) is 1. The molecule has 2 atom stereocenters. The number of benzene rings is 2. The number of fused-ring (bicyclic) bond motifs is 1. The molecule has 0 aliphatic carbocycles. The molecule has 0 saturated heterocycles. The molecule has 0 saturated carbocycles. The second-order valence-corrected chi connectivity index (χ2v) is 9.94. The van der Waals surface area contributed by atoms with Crippen molar-refractivity contribution in [2.45, 2.75) is 56.0 Å². The highest BCUT2D eigenvalue weighted by molar-refractivity contribution is 7.91. The van der Waals surface area contributed by atoms with Crippen LogP contribution in [-0.2, 0) is 9.84 Å². The summed E-state index contributed by atoms with van der Waals surface area (Å²) in [6.45, 7) is 3.91. The third-order valence-corrected chi connectivity index (χ3v) is 8.12. The summed E-state index contributed by atoms with van der Waals surface area (Å²) < 4.78 is 51.6. The topological polar surface area (TPSA) is 76.1 Å². The van der Waals surface area contributed by atoms with E-state index in [0.717, 1.165) is 12.8 Å². The molecule has 2 aromatic carbocycles. The van der Waals surface area contributed by atoms with Crippen LogP contribution in [0.2, 0.25) is 0 Å². The van der Waals surface area contributed by atoms with Gasteiger partial charge in [-0.25, -0.2) is 12.8 Å². The maximum Gasteiger partial charge on any atom is 0.180 e. The number of rotatable bonds is 7. The molecule has 8 heteroatoms. The minimum Gasteiger partial charge on any atom is -0.493 e. The highest BCUT2D eigenvalue weighted by Crippen LogP contribution is 2.47. The first kappa shape index (κ1) is 23.5. The lowest BCUT2D eigenvalue weighted by molar-refractivity contribution is -0.193. The largest absolute Gasteiger partial charge is 0.493 e. The molecule has 0 amide bonds. The van der Waals surface area contributed by atoms with Crippen molar-refractivity contribution in [3.8, 4) is 11.5 Å². The molecule has 1 aliphatic heterocycles. The van der Waals surface area contributed by atoms with E-state index in [4.69, 9.17) is 9.47 Å². The van der Waals surface area contributed by atoms with Crippen LogP contribution < -0.4 is 9.47 Å². The molecule has 0 spiro atoms. The monoisotopic (exact) mass is 451 g/mol. The fourth-order valence-corrected chi connectivity index (χ4v) is 6.52. The lowest BCUT2D eigenvalue weighted by atomic mass is 9.87. The van der Waals surface area contributed by atoms with E-state index in [1.807, 2.05) is 13.8 Å². The first-order valence-electron chi connectivity index (χ1n) is 10.4. The quantitative estimate of drug-likeness (QED) is 0.655. The number of methoxy groups -OCH3 is 2. The number of ether oxygens (including phenoxy) is 2. The van der Waals surface area contributed by atoms with E-state index in [1.165, 1.54) is 37.5 Å². The van der Waals surface area contributed by atoms with Crippen LogP contribution in [0.15, 0.2) is 41.3 Å². The Morgan fingerprint density at radius 2 is 1.74 bits per heavy atom. The van der Waals surface area contributed by atoms with Gasteiger partial charge in [0.1, 0.15) is 5.82 Å². The molecule has 0 bridgehead atoms. The van der Waals surface area contributed by atoms with Crippen molar-refractivity contribution in [2.75, 3.05) is 20.0 Å². The molecule has 1 aliphatic rings. The van der Waals surface area contributed by atoms with Gasteiger partial charge in [-0.2, -0.15) is 5.06 Å². The van der Waals surface area contributed by atoms with E-state index < -0.39 is 27.2 Å². The van der Waals surface area contributed by atoms with Gasteiger partial charge in [0.25, 0.3) is 0 Å². The molecular weight excluding hydrogens is 421 g/mol. The van der Waals surface area contributed by atoms with Crippen LogP contribution in [0.25, 0.3) is 0 Å². The summed E-state index contributed by atoms with van der Waals surface area (Å²) in [5.41, 5.74) is -0.0321. The van der Waals surface area contributed by atoms with Crippen molar-refractivity contribution >= 4 is 9.84 Å². The summed E-state index contributed by atoms with van der Waals surface area (Å²) in [6, 6.07) is 7.99. The molecule has 1 N–H and O–H groups in total. The van der Waals surface area contributed by atoms with E-state index in [0.29, 0.717) is 35.5 Å². The Bertz CT molecular complexity index is 1030. The van der Waals surface area contributed by atoms with Crippen molar-refractivity contribution < 1.29 is 27.5 Å². The van der Waals surface area contributed by atoms with E-state index in [1.54, 1.807) is 18.2 Å². The highest BCUT2D eigenvalue weighted by Gasteiger charge is 2.48. The maximum absolute atomic E-state index is 13.6. The average molecular weight is 452 g/mol. The van der Waals surface area contributed by atoms with E-state index in [-0.39, 0.29) is 10.6 Å².